The fraction of sp³-hybridized carbons (Fsp3) is 0.615. The highest BCUT2D eigenvalue weighted by Gasteiger charge is 2.42. The minimum Gasteiger partial charge on any atom is -0.479 e. The molecule has 3 unspecified atom stereocenters. The third-order valence-electron chi connectivity index (χ3n) is 6.20. The van der Waals surface area contributed by atoms with E-state index in [1.807, 2.05) is 0 Å². The number of nitrogen functional groups attached to an aromatic ring is 1. The van der Waals surface area contributed by atoms with Crippen molar-refractivity contribution in [1.29, 1.82) is 0 Å². The van der Waals surface area contributed by atoms with Gasteiger partial charge in [-0.2, -0.15) is 9.97 Å². The lowest BCUT2D eigenvalue weighted by Crippen LogP contribution is -2.44. The molecule has 0 aromatic carbocycles. The summed E-state index contributed by atoms with van der Waals surface area (Å²) >= 11 is 0.620. The number of amides is 1. The van der Waals surface area contributed by atoms with Gasteiger partial charge in [-0.25, -0.2) is 19.7 Å². The zero-order valence-electron chi connectivity index (χ0n) is 26.5. The highest BCUT2D eigenvalue weighted by Crippen LogP contribution is 2.57. The molecule has 2 aromatic rings. The molecule has 1 fully saturated rings. The first-order chi connectivity index (χ1) is 21.6. The van der Waals surface area contributed by atoms with Gasteiger partial charge in [0.25, 0.3) is 0 Å². The van der Waals surface area contributed by atoms with Crippen molar-refractivity contribution < 1.29 is 52.3 Å². The van der Waals surface area contributed by atoms with E-state index in [1.165, 1.54) is 24.9 Å². The van der Waals surface area contributed by atoms with Crippen LogP contribution in [0.3, 0.4) is 0 Å². The Morgan fingerprint density at radius 2 is 1.80 bits per heavy atom. The van der Waals surface area contributed by atoms with E-state index < -0.39 is 74.1 Å². The number of alkyl carbamates (subject to hydrolysis) is 1. The molecule has 3 heterocycles. The van der Waals surface area contributed by atoms with E-state index in [9.17, 15) is 24.1 Å². The number of esters is 2. The summed E-state index contributed by atoms with van der Waals surface area (Å²) in [4.78, 5) is 49.6. The van der Waals surface area contributed by atoms with E-state index in [2.05, 4.69) is 36.7 Å². The average Bonchev–Trinajstić information content (AvgIpc) is 3.52. The molecule has 20 heteroatoms. The van der Waals surface area contributed by atoms with Crippen LogP contribution in [0.4, 0.5) is 10.7 Å². The van der Waals surface area contributed by atoms with Crippen molar-refractivity contribution in [2.45, 2.75) is 77.3 Å². The summed E-state index contributed by atoms with van der Waals surface area (Å²) in [5.74, 6) is -1.78. The van der Waals surface area contributed by atoms with Gasteiger partial charge in [0, 0.05) is 11.3 Å². The summed E-state index contributed by atoms with van der Waals surface area (Å²) in [6.45, 7) is 7.33. The van der Waals surface area contributed by atoms with Crippen LogP contribution in [0.5, 0.6) is 5.88 Å². The van der Waals surface area contributed by atoms with Gasteiger partial charge in [-0.05, 0) is 34.6 Å². The minimum absolute atomic E-state index is 0.0819. The second-order valence-electron chi connectivity index (χ2n) is 10.6. The minimum atomic E-state index is -4.11. The van der Waals surface area contributed by atoms with Crippen LogP contribution in [-0.4, -0.2) is 106 Å². The Hall–Kier alpha value is -3.48. The fourth-order valence-corrected chi connectivity index (χ4v) is 7.92. The number of nitrogens with two attached hydrogens (primary N) is 1. The maximum Gasteiger partial charge on any atom is 0.407 e. The van der Waals surface area contributed by atoms with E-state index in [1.54, 1.807) is 27.7 Å². The predicted octanol–water partition coefficient (Wildman–Crippen LogP) is 1.70. The molecule has 5 N–H and O–H groups in total. The lowest BCUT2D eigenvalue weighted by molar-refractivity contribution is -0.150. The third kappa shape index (κ3) is 9.29. The molecule has 3 rings (SSSR count). The van der Waals surface area contributed by atoms with Crippen LogP contribution in [0.25, 0.3) is 11.2 Å². The molecular formula is C26H40N7O11PS. The van der Waals surface area contributed by atoms with Crippen molar-refractivity contribution >= 4 is 53.2 Å². The normalized spacial score (nSPS) is 20.7. The number of aromatic nitrogens is 4. The van der Waals surface area contributed by atoms with Crippen molar-refractivity contribution in [2.24, 2.45) is 0 Å². The van der Waals surface area contributed by atoms with Gasteiger partial charge in [0.1, 0.15) is 24.3 Å². The number of anilines is 1. The van der Waals surface area contributed by atoms with Crippen molar-refractivity contribution in [1.82, 2.24) is 29.9 Å². The van der Waals surface area contributed by atoms with Crippen molar-refractivity contribution in [3.63, 3.8) is 0 Å². The second kappa shape index (κ2) is 15.9. The zero-order valence-corrected chi connectivity index (χ0v) is 28.2. The van der Waals surface area contributed by atoms with Crippen molar-refractivity contribution in [3.8, 4) is 5.88 Å². The molecule has 18 nitrogen and oxygen atoms in total. The quantitative estimate of drug-likeness (QED) is 0.0900. The topological polar surface area (TPSA) is 238 Å². The van der Waals surface area contributed by atoms with Gasteiger partial charge in [-0.1, -0.05) is 18.0 Å². The largest absolute Gasteiger partial charge is 0.479 e. The lowest BCUT2D eigenvalue weighted by Gasteiger charge is -2.26. The van der Waals surface area contributed by atoms with Crippen LogP contribution >= 0.6 is 18.1 Å². The molecule has 0 spiro atoms. The molecule has 1 aliphatic heterocycles. The summed E-state index contributed by atoms with van der Waals surface area (Å²) in [6, 6.07) is -2.42. The van der Waals surface area contributed by atoms with E-state index in [0.717, 1.165) is 7.11 Å². The number of nitrogens with one attached hydrogen (secondary N) is 2. The number of hydrogen-bond donors (Lipinski definition) is 4. The average molecular weight is 690 g/mol. The Kier molecular flexibility index (Phi) is 12.8. The van der Waals surface area contributed by atoms with Gasteiger partial charge < -0.3 is 44.4 Å². The SMILES string of the molecule is C=C1C(n2cnc3c(OC)nc(N)nc32)OC(COP(=O)(N[C@H](C)C(=O)OC(C)C)SC[C@H](NC(=O)OC)C(=O)OC(C)C)[C@H]1O. The Labute approximate surface area is 269 Å². The molecule has 1 saturated heterocycles. The summed E-state index contributed by atoms with van der Waals surface area (Å²) in [5, 5.41) is 16.0. The Morgan fingerprint density at radius 1 is 1.15 bits per heavy atom. The number of aliphatic hydroxyl groups excluding tert-OH is 1. The summed E-state index contributed by atoms with van der Waals surface area (Å²) in [6.07, 6.45) is -3.86. The van der Waals surface area contributed by atoms with Gasteiger partial charge in [0.15, 0.2) is 17.4 Å². The molecule has 1 amide bonds. The van der Waals surface area contributed by atoms with Crippen LogP contribution < -0.4 is 20.9 Å². The zero-order chi connectivity index (χ0) is 34.3. The number of methoxy groups -OCH3 is 2. The fourth-order valence-electron chi connectivity index (χ4n) is 4.07. The van der Waals surface area contributed by atoms with Crippen LogP contribution in [0.2, 0.25) is 0 Å². The van der Waals surface area contributed by atoms with E-state index in [0.29, 0.717) is 16.9 Å². The third-order valence-corrected chi connectivity index (χ3v) is 10.3. The molecular weight excluding hydrogens is 649 g/mol. The lowest BCUT2D eigenvalue weighted by atomic mass is 10.1. The maximum atomic E-state index is 14.2. The molecule has 0 saturated carbocycles. The highest BCUT2D eigenvalue weighted by atomic mass is 32.7. The molecule has 0 aliphatic carbocycles. The highest BCUT2D eigenvalue weighted by molar-refractivity contribution is 8.56. The molecule has 46 heavy (non-hydrogen) atoms. The van der Waals surface area contributed by atoms with E-state index in [4.69, 9.17) is 29.2 Å². The van der Waals surface area contributed by atoms with E-state index >= 15 is 0 Å². The molecule has 0 radical (unpaired) electrons. The summed E-state index contributed by atoms with van der Waals surface area (Å²) in [5.41, 5.74) is 6.58. The standard InChI is InChI=1S/C26H40N7O11PS/c1-12(2)42-23(35)15(6)32-45(38,46-10-16(29-26(37)40-8)24(36)43-13(3)4)41-9-17-19(34)14(5)22(44-17)33-11-28-18-20(33)30-25(27)31-21(18)39-7/h11-13,15-17,19,22,34H,5,9-10H2,1-4,6-8H3,(H,29,37)(H,32,38)(H2,27,30,31)/t15-,16+,17?,19+,22?,45?/m1/s1. The number of hydrogen-bond acceptors (Lipinski definition) is 16. The van der Waals surface area contributed by atoms with Crippen LogP contribution in [0.1, 0.15) is 40.8 Å². The number of ether oxygens (including phenoxy) is 5. The molecule has 256 valence electrons. The summed E-state index contributed by atoms with van der Waals surface area (Å²) < 4.78 is 47.7. The number of nitrogens with zero attached hydrogens (tertiary/aromatic N) is 4. The van der Waals surface area contributed by atoms with Gasteiger partial charge in [0.2, 0.25) is 11.8 Å². The first-order valence-electron chi connectivity index (χ1n) is 14.1. The first kappa shape index (κ1) is 37.0. The van der Waals surface area contributed by atoms with Gasteiger partial charge in [-0.3, -0.25) is 13.9 Å². The van der Waals surface area contributed by atoms with Gasteiger partial charge >= 0.3 is 24.8 Å². The number of carbonyl (C=O) groups is 3. The van der Waals surface area contributed by atoms with Crippen LogP contribution in [0.15, 0.2) is 18.5 Å². The number of fused-ring (bicyclic) bond motifs is 1. The van der Waals surface area contributed by atoms with Gasteiger partial charge in [-0.15, -0.1) is 0 Å². The van der Waals surface area contributed by atoms with Crippen molar-refractivity contribution in [3.05, 3.63) is 18.5 Å². The number of imidazole rings is 1. The number of rotatable bonds is 15. The van der Waals surface area contributed by atoms with Crippen molar-refractivity contribution in [2.75, 3.05) is 32.3 Å². The van der Waals surface area contributed by atoms with Gasteiger partial charge in [0.05, 0.1) is 39.4 Å². The maximum absolute atomic E-state index is 14.2. The molecule has 6 atom stereocenters. The predicted molar refractivity (Wildman–Crippen MR) is 166 cm³/mol. The van der Waals surface area contributed by atoms with Crippen LogP contribution in [0, 0.1) is 0 Å². The monoisotopic (exact) mass is 689 g/mol. The molecule has 2 aromatic heterocycles. The Morgan fingerprint density at radius 3 is 2.41 bits per heavy atom. The van der Waals surface area contributed by atoms with E-state index in [-0.39, 0.29) is 28.8 Å². The first-order valence-corrected chi connectivity index (χ1v) is 17.3. The number of carbonyl (C=O) groups excluding carboxylic acids is 3. The molecule has 1 aliphatic rings. The Balaban J connectivity index is 1.83. The Bertz CT molecular complexity index is 1470. The number of aliphatic hydroxyl groups is 1. The summed E-state index contributed by atoms with van der Waals surface area (Å²) in [7, 11) is 2.51. The second-order valence-corrected chi connectivity index (χ2v) is 14.9. The van der Waals surface area contributed by atoms with Crippen LogP contribution in [-0.2, 0) is 37.6 Å². The molecule has 0 bridgehead atoms. The smallest absolute Gasteiger partial charge is 0.407 e.